The van der Waals surface area contributed by atoms with Gasteiger partial charge in [-0.3, -0.25) is 4.79 Å². The molecule has 0 atom stereocenters. The lowest BCUT2D eigenvalue weighted by Gasteiger charge is -2.15. The monoisotopic (exact) mass is 299 g/mol. The molecule has 0 aliphatic carbocycles. The molecule has 7 heteroatoms. The first-order valence-corrected chi connectivity index (χ1v) is 7.60. The molecular formula is C14H13N5OS. The summed E-state index contributed by atoms with van der Waals surface area (Å²) in [6.07, 6.45) is 0.984. The average molecular weight is 299 g/mol. The Morgan fingerprint density at radius 3 is 3.19 bits per heavy atom. The Morgan fingerprint density at radius 1 is 1.43 bits per heavy atom. The summed E-state index contributed by atoms with van der Waals surface area (Å²) in [6.45, 7) is 1.62. The van der Waals surface area contributed by atoms with Crippen molar-refractivity contribution in [3.63, 3.8) is 0 Å². The Hall–Kier alpha value is -2.41. The number of anilines is 1. The molecule has 0 spiro atoms. The molecule has 2 aromatic heterocycles. The van der Waals surface area contributed by atoms with Gasteiger partial charge in [-0.15, -0.1) is 11.3 Å². The second-order valence-corrected chi connectivity index (χ2v) is 5.86. The van der Waals surface area contributed by atoms with Crippen molar-refractivity contribution in [2.75, 3.05) is 11.9 Å². The van der Waals surface area contributed by atoms with Crippen LogP contribution in [0, 0.1) is 0 Å². The van der Waals surface area contributed by atoms with Gasteiger partial charge in [0.2, 0.25) is 0 Å². The molecule has 1 aliphatic rings. The molecule has 1 amide bonds. The highest BCUT2D eigenvalue weighted by atomic mass is 32.1. The molecule has 3 N–H and O–H groups in total. The van der Waals surface area contributed by atoms with E-state index in [0.717, 1.165) is 41.1 Å². The minimum Gasteiger partial charge on any atom is -0.370 e. The topological polar surface area (TPSA) is 85.8 Å². The SMILES string of the molecule is NC(=O)c1c(-c2ccc3scnc3c2)nn2c1NCCC2. The van der Waals surface area contributed by atoms with Gasteiger partial charge in [-0.2, -0.15) is 5.10 Å². The molecule has 3 aromatic rings. The third-order valence-electron chi connectivity index (χ3n) is 3.64. The largest absolute Gasteiger partial charge is 0.370 e. The second-order valence-electron chi connectivity index (χ2n) is 4.97. The summed E-state index contributed by atoms with van der Waals surface area (Å²) in [5.74, 6) is 0.265. The molecule has 0 unspecified atom stereocenters. The minimum atomic E-state index is -0.459. The van der Waals surface area contributed by atoms with Crippen LogP contribution in [0.1, 0.15) is 16.8 Å². The Bertz CT molecular complexity index is 850. The van der Waals surface area contributed by atoms with Crippen molar-refractivity contribution in [1.82, 2.24) is 14.8 Å². The molecule has 1 aromatic carbocycles. The van der Waals surface area contributed by atoms with Gasteiger partial charge in [0.15, 0.2) is 0 Å². The van der Waals surface area contributed by atoms with Crippen molar-refractivity contribution in [2.45, 2.75) is 13.0 Å². The number of carbonyl (C=O) groups excluding carboxylic acids is 1. The number of rotatable bonds is 2. The van der Waals surface area contributed by atoms with Crippen molar-refractivity contribution in [2.24, 2.45) is 5.73 Å². The van der Waals surface area contributed by atoms with Crippen molar-refractivity contribution in [3.8, 4) is 11.3 Å². The number of hydrogen-bond donors (Lipinski definition) is 2. The van der Waals surface area contributed by atoms with E-state index in [1.807, 2.05) is 28.4 Å². The quantitative estimate of drug-likeness (QED) is 0.758. The summed E-state index contributed by atoms with van der Waals surface area (Å²) in [5.41, 5.74) is 10.2. The number of amides is 1. The fourth-order valence-corrected chi connectivity index (χ4v) is 3.34. The van der Waals surface area contributed by atoms with E-state index in [1.54, 1.807) is 11.3 Å². The lowest BCUT2D eigenvalue weighted by molar-refractivity contribution is 0.100. The molecule has 0 fully saturated rings. The third-order valence-corrected chi connectivity index (χ3v) is 4.45. The van der Waals surface area contributed by atoms with Crippen molar-refractivity contribution in [1.29, 1.82) is 0 Å². The Balaban J connectivity index is 1.94. The van der Waals surface area contributed by atoms with Crippen LogP contribution in [0.15, 0.2) is 23.7 Å². The average Bonchev–Trinajstić information content (AvgIpc) is 3.10. The number of nitrogens with zero attached hydrogens (tertiary/aromatic N) is 3. The maximum atomic E-state index is 11.9. The van der Waals surface area contributed by atoms with Gasteiger partial charge in [0, 0.05) is 18.7 Å². The zero-order chi connectivity index (χ0) is 14.4. The molecule has 4 rings (SSSR count). The Morgan fingerprint density at radius 2 is 2.33 bits per heavy atom. The van der Waals surface area contributed by atoms with E-state index in [1.165, 1.54) is 0 Å². The van der Waals surface area contributed by atoms with Crippen LogP contribution >= 0.6 is 11.3 Å². The van der Waals surface area contributed by atoms with Crippen LogP contribution in [0.4, 0.5) is 5.82 Å². The zero-order valence-corrected chi connectivity index (χ0v) is 12.0. The molecule has 1 aliphatic heterocycles. The van der Waals surface area contributed by atoms with E-state index in [0.29, 0.717) is 11.3 Å². The van der Waals surface area contributed by atoms with Crippen molar-refractivity contribution < 1.29 is 4.79 Å². The molecule has 0 bridgehead atoms. The first kappa shape index (κ1) is 12.3. The number of aromatic nitrogens is 3. The molecule has 106 valence electrons. The van der Waals surface area contributed by atoms with E-state index >= 15 is 0 Å². The lowest BCUT2D eigenvalue weighted by atomic mass is 10.1. The highest BCUT2D eigenvalue weighted by molar-refractivity contribution is 7.16. The summed E-state index contributed by atoms with van der Waals surface area (Å²) in [5, 5.41) is 7.78. The van der Waals surface area contributed by atoms with Crippen LogP contribution in [0.2, 0.25) is 0 Å². The van der Waals surface area contributed by atoms with E-state index in [4.69, 9.17) is 5.73 Å². The highest BCUT2D eigenvalue weighted by Gasteiger charge is 2.25. The van der Waals surface area contributed by atoms with Gasteiger partial charge in [0.25, 0.3) is 5.91 Å². The first-order valence-electron chi connectivity index (χ1n) is 6.72. The summed E-state index contributed by atoms with van der Waals surface area (Å²) in [6, 6.07) is 5.91. The van der Waals surface area contributed by atoms with E-state index in [9.17, 15) is 4.79 Å². The van der Waals surface area contributed by atoms with Gasteiger partial charge in [-0.05, 0) is 18.6 Å². The third kappa shape index (κ3) is 1.89. The van der Waals surface area contributed by atoms with Crippen molar-refractivity contribution >= 4 is 33.3 Å². The number of carbonyl (C=O) groups is 1. The van der Waals surface area contributed by atoms with Gasteiger partial charge in [0.05, 0.1) is 15.7 Å². The smallest absolute Gasteiger partial charge is 0.254 e. The highest BCUT2D eigenvalue weighted by Crippen LogP contribution is 2.32. The van der Waals surface area contributed by atoms with Gasteiger partial charge in [0.1, 0.15) is 17.1 Å². The predicted molar refractivity (Wildman–Crippen MR) is 82.5 cm³/mol. The van der Waals surface area contributed by atoms with Gasteiger partial charge >= 0.3 is 0 Å². The fraction of sp³-hybridized carbons (Fsp3) is 0.214. The van der Waals surface area contributed by atoms with Crippen LogP contribution in [0.25, 0.3) is 21.5 Å². The zero-order valence-electron chi connectivity index (χ0n) is 11.2. The number of benzene rings is 1. The summed E-state index contributed by atoms with van der Waals surface area (Å²) >= 11 is 1.59. The van der Waals surface area contributed by atoms with Crippen molar-refractivity contribution in [3.05, 3.63) is 29.3 Å². The maximum Gasteiger partial charge on any atom is 0.254 e. The maximum absolute atomic E-state index is 11.9. The number of primary amides is 1. The minimum absolute atomic E-state index is 0.459. The van der Waals surface area contributed by atoms with Gasteiger partial charge < -0.3 is 11.1 Å². The second kappa shape index (κ2) is 4.56. The molecule has 3 heterocycles. The predicted octanol–water partition coefficient (Wildman–Crippen LogP) is 2.07. The van der Waals surface area contributed by atoms with Crippen LogP contribution in [0.5, 0.6) is 0 Å². The number of hydrogen-bond acceptors (Lipinski definition) is 5. The van der Waals surface area contributed by atoms with E-state index < -0.39 is 5.91 Å². The Labute approximate surface area is 124 Å². The van der Waals surface area contributed by atoms with Gasteiger partial charge in [-0.25, -0.2) is 9.67 Å². The normalized spacial score (nSPS) is 13.9. The Kier molecular flexibility index (Phi) is 2.68. The number of nitrogens with one attached hydrogen (secondary N) is 1. The summed E-state index contributed by atoms with van der Waals surface area (Å²) < 4.78 is 2.94. The molecule has 6 nitrogen and oxygen atoms in total. The molecule has 0 saturated carbocycles. The number of nitrogens with two attached hydrogens (primary N) is 1. The fourth-order valence-electron chi connectivity index (χ4n) is 2.68. The van der Waals surface area contributed by atoms with E-state index in [-0.39, 0.29) is 0 Å². The summed E-state index contributed by atoms with van der Waals surface area (Å²) in [7, 11) is 0. The number of thiazole rings is 1. The van der Waals surface area contributed by atoms with Crippen LogP contribution in [-0.2, 0) is 6.54 Å². The van der Waals surface area contributed by atoms with Crippen LogP contribution in [-0.4, -0.2) is 27.2 Å². The first-order chi connectivity index (χ1) is 10.2. The standard InChI is InChI=1S/C14H13N5OS/c15-13(20)11-12(18-19-5-1-4-16-14(11)19)8-2-3-10-9(6-8)17-7-21-10/h2-3,6-7,16H,1,4-5H2,(H2,15,20). The van der Waals surface area contributed by atoms with Gasteiger partial charge in [-0.1, -0.05) is 6.07 Å². The molecule has 0 radical (unpaired) electrons. The number of fused-ring (bicyclic) bond motifs is 2. The molecule has 0 saturated heterocycles. The number of aryl methyl sites for hydroxylation is 1. The summed E-state index contributed by atoms with van der Waals surface area (Å²) in [4.78, 5) is 16.2. The molecular weight excluding hydrogens is 286 g/mol. The lowest BCUT2D eigenvalue weighted by Crippen LogP contribution is -2.21. The van der Waals surface area contributed by atoms with Crippen LogP contribution in [0.3, 0.4) is 0 Å². The van der Waals surface area contributed by atoms with E-state index in [2.05, 4.69) is 15.4 Å². The molecule has 21 heavy (non-hydrogen) atoms. The van der Waals surface area contributed by atoms with Crippen LogP contribution < -0.4 is 11.1 Å².